The van der Waals surface area contributed by atoms with Crippen LogP contribution in [-0.4, -0.2) is 75.2 Å². The summed E-state index contributed by atoms with van der Waals surface area (Å²) < 4.78 is 101. The van der Waals surface area contributed by atoms with Crippen LogP contribution in [0.5, 0.6) is 11.5 Å². The number of methoxy groups -OCH3 is 1. The Labute approximate surface area is 277 Å². The molecular weight excluding hydrogens is 684 g/mol. The molecule has 18 heteroatoms. The average Bonchev–Trinajstić information content (AvgIpc) is 3.78. The molecule has 4 fully saturated rings. The molecule has 3 saturated carbocycles. The summed E-state index contributed by atoms with van der Waals surface area (Å²) in [4.78, 5) is 41.9. The van der Waals surface area contributed by atoms with E-state index in [0.717, 1.165) is 18.2 Å². The molecule has 2 amide bonds. The molecule has 4 aliphatic rings. The number of anilines is 1. The van der Waals surface area contributed by atoms with Gasteiger partial charge in [-0.3, -0.25) is 9.59 Å². The van der Waals surface area contributed by atoms with Crippen molar-refractivity contribution in [2.24, 2.45) is 23.7 Å². The molecule has 0 unspecified atom stereocenters. The highest BCUT2D eigenvalue weighted by Crippen LogP contribution is 2.53. The summed E-state index contributed by atoms with van der Waals surface area (Å²) >= 11 is 0. The third kappa shape index (κ3) is 6.53. The third-order valence-corrected chi connectivity index (χ3v) is 11.2. The largest absolute Gasteiger partial charge is 0.501 e. The molecule has 2 aromatic rings. The summed E-state index contributed by atoms with van der Waals surface area (Å²) in [5.41, 5.74) is -5.86. The first kappa shape index (κ1) is 34.8. The zero-order valence-electron chi connectivity index (χ0n) is 25.8. The second-order valence-corrected chi connectivity index (χ2v) is 14.4. The smallest absolute Gasteiger partial charge is 0.496 e. The highest BCUT2D eigenvalue weighted by Gasteiger charge is 2.63. The zero-order valence-corrected chi connectivity index (χ0v) is 26.6. The maximum atomic E-state index is 15.1. The molecule has 0 aromatic heterocycles. The van der Waals surface area contributed by atoms with E-state index < -0.39 is 91.9 Å². The van der Waals surface area contributed by atoms with Crippen LogP contribution >= 0.6 is 0 Å². The normalized spacial score (nSPS) is 29.2. The Balaban J connectivity index is 1.22. The maximum Gasteiger partial charge on any atom is 0.501 e. The lowest BCUT2D eigenvalue weighted by molar-refractivity contribution is -0.240. The molecule has 0 radical (unpaired) electrons. The van der Waals surface area contributed by atoms with Crippen LogP contribution in [0.1, 0.15) is 42.5 Å². The van der Waals surface area contributed by atoms with Gasteiger partial charge in [-0.05, 0) is 56.4 Å². The van der Waals surface area contributed by atoms with Crippen molar-refractivity contribution < 1.29 is 69.5 Å². The summed E-state index contributed by atoms with van der Waals surface area (Å²) in [7, 11) is -4.44. The van der Waals surface area contributed by atoms with Crippen molar-refractivity contribution in [3.8, 4) is 11.5 Å². The number of halogens is 4. The second-order valence-electron chi connectivity index (χ2n) is 12.4. The number of carbonyl (C=O) groups is 3. The van der Waals surface area contributed by atoms with Gasteiger partial charge in [-0.15, -0.1) is 0 Å². The fourth-order valence-electron chi connectivity index (χ4n) is 7.46. The van der Waals surface area contributed by atoms with Crippen LogP contribution in [-0.2, 0) is 33.8 Å². The van der Waals surface area contributed by atoms with Gasteiger partial charge in [-0.25, -0.2) is 17.6 Å². The topological polar surface area (TPSA) is 176 Å². The second kappa shape index (κ2) is 13.4. The van der Waals surface area contributed by atoms with Crippen molar-refractivity contribution in [1.82, 2.24) is 5.32 Å². The van der Waals surface area contributed by atoms with Crippen LogP contribution < -0.4 is 20.1 Å². The fraction of sp³-hybridized carbons (Fsp3) is 0.516. The number of sulfone groups is 1. The Bertz CT molecular complexity index is 1730. The minimum absolute atomic E-state index is 0.0374. The van der Waals surface area contributed by atoms with Crippen molar-refractivity contribution >= 4 is 33.3 Å². The quantitative estimate of drug-likeness (QED) is 0.195. The van der Waals surface area contributed by atoms with Gasteiger partial charge in [0.2, 0.25) is 5.91 Å². The van der Waals surface area contributed by atoms with Gasteiger partial charge in [0, 0.05) is 29.6 Å². The summed E-state index contributed by atoms with van der Waals surface area (Å²) in [6.07, 6.45) is 0.337. The lowest BCUT2D eigenvalue weighted by Crippen LogP contribution is -2.55. The molecule has 0 spiro atoms. The zero-order chi connectivity index (χ0) is 35.2. The van der Waals surface area contributed by atoms with E-state index in [2.05, 4.69) is 15.5 Å². The van der Waals surface area contributed by atoms with E-state index in [4.69, 9.17) is 24.2 Å². The minimum Gasteiger partial charge on any atom is -0.496 e. The number of hydrogen-bond donors (Lipinski definition) is 3. The van der Waals surface area contributed by atoms with E-state index in [1.54, 1.807) is 0 Å². The summed E-state index contributed by atoms with van der Waals surface area (Å²) in [5.74, 6) is -5.73. The van der Waals surface area contributed by atoms with Gasteiger partial charge in [0.05, 0.1) is 47.7 Å². The van der Waals surface area contributed by atoms with Crippen molar-refractivity contribution in [3.05, 3.63) is 47.8 Å². The molecule has 3 aliphatic carbocycles. The first-order valence-corrected chi connectivity index (χ1v) is 16.9. The molecule has 6 rings (SSSR count). The molecule has 2 aromatic carbocycles. The van der Waals surface area contributed by atoms with E-state index in [1.165, 1.54) is 19.2 Å². The first-order chi connectivity index (χ1) is 23.2. The summed E-state index contributed by atoms with van der Waals surface area (Å²) in [6, 6.07) is 5.05. The number of amides is 2. The van der Waals surface area contributed by atoms with E-state index in [1.807, 2.05) is 0 Å². The SMILES string of the molecule is COc1cc(F)c(OC2CCC(C(=O)OO)CC2)cc1C(=O)N[C@@H]1[C@@H]2C[C@@H]([C@H]3OCO[C@@H]23)[C@@H]1C(=O)Nc1cccc(S(=O)(=O)C(F)(F)F)c1. The van der Waals surface area contributed by atoms with Gasteiger partial charge >= 0.3 is 11.5 Å². The summed E-state index contributed by atoms with van der Waals surface area (Å²) in [6.45, 7) is -0.0374. The summed E-state index contributed by atoms with van der Waals surface area (Å²) in [5, 5.41) is 14.0. The number of fused-ring (bicyclic) bond motifs is 5. The van der Waals surface area contributed by atoms with E-state index in [-0.39, 0.29) is 29.5 Å². The molecule has 266 valence electrons. The predicted molar refractivity (Wildman–Crippen MR) is 157 cm³/mol. The van der Waals surface area contributed by atoms with Gasteiger partial charge in [0.25, 0.3) is 15.7 Å². The number of alkyl halides is 3. The van der Waals surface area contributed by atoms with Crippen LogP contribution in [0.3, 0.4) is 0 Å². The Hall–Kier alpha value is -4.00. The van der Waals surface area contributed by atoms with Crippen LogP contribution in [0.2, 0.25) is 0 Å². The highest BCUT2D eigenvalue weighted by molar-refractivity contribution is 7.92. The Morgan fingerprint density at radius 1 is 0.980 bits per heavy atom. The first-order valence-electron chi connectivity index (χ1n) is 15.4. The van der Waals surface area contributed by atoms with E-state index in [0.29, 0.717) is 38.2 Å². The predicted octanol–water partition coefficient (Wildman–Crippen LogP) is 3.83. The van der Waals surface area contributed by atoms with Gasteiger partial charge < -0.3 is 34.5 Å². The van der Waals surface area contributed by atoms with Crippen LogP contribution in [0.4, 0.5) is 23.2 Å². The molecule has 1 saturated heterocycles. The number of ether oxygens (including phenoxy) is 4. The number of hydrogen-bond acceptors (Lipinski definition) is 11. The third-order valence-electron chi connectivity index (χ3n) is 9.75. The fourth-order valence-corrected chi connectivity index (χ4v) is 8.27. The van der Waals surface area contributed by atoms with Crippen molar-refractivity contribution in [2.75, 3.05) is 19.2 Å². The van der Waals surface area contributed by atoms with Crippen LogP contribution in [0.15, 0.2) is 41.3 Å². The van der Waals surface area contributed by atoms with Crippen LogP contribution in [0.25, 0.3) is 0 Å². The molecule has 1 aliphatic heterocycles. The van der Waals surface area contributed by atoms with E-state index in [9.17, 15) is 36.0 Å². The molecule has 6 atom stereocenters. The molecular formula is C31H32F4N2O11S. The number of benzene rings is 2. The maximum absolute atomic E-state index is 15.1. The lowest BCUT2D eigenvalue weighted by Gasteiger charge is -2.36. The van der Waals surface area contributed by atoms with Crippen molar-refractivity contribution in [1.29, 1.82) is 0 Å². The van der Waals surface area contributed by atoms with Gasteiger partial charge in [-0.2, -0.15) is 18.4 Å². The van der Waals surface area contributed by atoms with E-state index >= 15 is 4.39 Å². The minimum atomic E-state index is -5.68. The van der Waals surface area contributed by atoms with Gasteiger partial charge in [-0.1, -0.05) is 6.07 Å². The average molecular weight is 717 g/mol. The monoisotopic (exact) mass is 716 g/mol. The van der Waals surface area contributed by atoms with Gasteiger partial charge in [0.1, 0.15) is 12.5 Å². The Morgan fingerprint density at radius 2 is 1.67 bits per heavy atom. The number of carbonyl (C=O) groups excluding carboxylic acids is 3. The molecule has 49 heavy (non-hydrogen) atoms. The molecule has 3 N–H and O–H groups in total. The number of rotatable bonds is 9. The Morgan fingerprint density at radius 3 is 2.33 bits per heavy atom. The Kier molecular flexibility index (Phi) is 9.51. The lowest BCUT2D eigenvalue weighted by atomic mass is 9.80. The van der Waals surface area contributed by atoms with Gasteiger partial charge in [0.15, 0.2) is 11.6 Å². The molecule has 2 bridgehead atoms. The van der Waals surface area contributed by atoms with Crippen molar-refractivity contribution in [2.45, 2.75) is 66.9 Å². The highest BCUT2D eigenvalue weighted by atomic mass is 32.2. The number of nitrogens with one attached hydrogen (secondary N) is 2. The van der Waals surface area contributed by atoms with Crippen LogP contribution in [0, 0.1) is 29.5 Å². The molecule has 13 nitrogen and oxygen atoms in total. The van der Waals surface area contributed by atoms with Crippen molar-refractivity contribution in [3.63, 3.8) is 0 Å². The molecule has 1 heterocycles. The standard InChI is InChI=1S/C31H32F4N2O11S/c1-44-22-12-21(32)23(47-16-7-5-14(6-8-16)30(40)48-41)11-18(22)28(38)37-25-20-10-19(26-27(20)46-13-45-26)24(25)29(39)36-15-3-2-4-17(9-15)49(42,43)31(33,34)35/h2-4,9,11-12,14,16,19-20,24-27,41H,5-8,10,13H2,1H3,(H,36,39)(H,37,38)/t14?,16?,19-,20+,24+,25-,26-,27+/m1/s1.